The zero-order valence-electron chi connectivity index (χ0n) is 45.2. The molecule has 372 valence electrons. The van der Waals surface area contributed by atoms with Gasteiger partial charge in [-0.3, -0.25) is 0 Å². The summed E-state index contributed by atoms with van der Waals surface area (Å²) in [7, 11) is 0. The molecule has 6 aromatic carbocycles. The van der Waals surface area contributed by atoms with Crippen molar-refractivity contribution < 1.29 is 25.8 Å². The molecule has 9 rings (SSSR count). The Kier molecular flexibility index (Phi) is 13.2. The van der Waals surface area contributed by atoms with Crippen LogP contribution >= 0.6 is 0 Å². The molecular weight excluding hydrogens is 1050 g/mol. The molecule has 0 spiro atoms. The molecule has 0 atom stereocenters. The Morgan fingerprint density at radius 1 is 0.451 bits per heavy atom. The molecule has 71 heavy (non-hydrogen) atoms. The molecule has 5 nitrogen and oxygen atoms in total. The summed E-state index contributed by atoms with van der Waals surface area (Å²) >= 11 is 0. The molecule has 0 amide bonds. The van der Waals surface area contributed by atoms with E-state index < -0.39 is 0 Å². The van der Waals surface area contributed by atoms with E-state index in [0.29, 0.717) is 11.5 Å². The molecule has 0 fully saturated rings. The van der Waals surface area contributed by atoms with Gasteiger partial charge in [-0.25, -0.2) is 4.98 Å². The molecule has 3 heterocycles. The first-order chi connectivity index (χ1) is 32.6. The SMILES string of the molecule is CC(C)(C)c1cc(N2[CH-]N(c3[c-]c(Oc4[c-]c5c(cc4)c4cc(C(C)(C)C)ccc4n5-c4cc(C(C)(C)C)ccn4)cc(C(C)(C)c4ccccc4)c3)c3ccc(C(C)(C)C)cc32)cc(C(C)(C)C)c1.[Pt]. The van der Waals surface area contributed by atoms with Gasteiger partial charge in [-0.15, -0.1) is 53.6 Å². The van der Waals surface area contributed by atoms with Crippen LogP contribution in [0.2, 0.25) is 0 Å². The number of rotatable bonds is 7. The van der Waals surface area contributed by atoms with Gasteiger partial charge in [0.1, 0.15) is 5.82 Å². The summed E-state index contributed by atoms with van der Waals surface area (Å²) in [5, 5.41) is 2.27. The van der Waals surface area contributed by atoms with Crippen molar-refractivity contribution in [2.24, 2.45) is 0 Å². The summed E-state index contributed by atoms with van der Waals surface area (Å²) < 4.78 is 9.32. The molecule has 0 unspecified atom stereocenters. The summed E-state index contributed by atoms with van der Waals surface area (Å²) in [5.41, 5.74) is 14.4. The predicted molar refractivity (Wildman–Crippen MR) is 296 cm³/mol. The molecular formula is C65H73N4OPt-3. The molecule has 2 aromatic heterocycles. The maximum atomic E-state index is 7.07. The van der Waals surface area contributed by atoms with Gasteiger partial charge in [-0.05, 0) is 114 Å². The number of pyridine rings is 1. The first kappa shape index (κ1) is 51.7. The fourth-order valence-corrected chi connectivity index (χ4v) is 9.55. The second-order valence-electron chi connectivity index (χ2n) is 25.3. The van der Waals surface area contributed by atoms with Crippen molar-refractivity contribution >= 4 is 44.6 Å². The number of ether oxygens (including phenoxy) is 1. The Balaban J connectivity index is 0.00000676. The minimum atomic E-state index is -0.376. The quantitative estimate of drug-likeness (QED) is 0.149. The number of anilines is 4. The van der Waals surface area contributed by atoms with E-state index in [2.05, 4.69) is 272 Å². The van der Waals surface area contributed by atoms with E-state index in [9.17, 15) is 0 Å². The number of aromatic nitrogens is 2. The molecule has 0 saturated heterocycles. The summed E-state index contributed by atoms with van der Waals surface area (Å²) in [6, 6.07) is 52.3. The zero-order chi connectivity index (χ0) is 50.5. The molecule has 0 bridgehead atoms. The maximum absolute atomic E-state index is 7.07. The third-order valence-electron chi connectivity index (χ3n) is 14.4. The summed E-state index contributed by atoms with van der Waals surface area (Å²) in [4.78, 5) is 9.66. The van der Waals surface area contributed by atoms with Gasteiger partial charge in [0, 0.05) is 61.3 Å². The zero-order valence-corrected chi connectivity index (χ0v) is 47.5. The number of nitrogens with zero attached hydrogens (tertiary/aromatic N) is 4. The molecule has 0 N–H and O–H groups in total. The van der Waals surface area contributed by atoms with Crippen molar-refractivity contribution in [3.8, 4) is 17.3 Å². The topological polar surface area (TPSA) is 33.5 Å². The van der Waals surface area contributed by atoms with Crippen LogP contribution in [0.3, 0.4) is 0 Å². The summed E-state index contributed by atoms with van der Waals surface area (Å²) in [5.74, 6) is 2.07. The average molecular weight is 1120 g/mol. The number of fused-ring (bicyclic) bond motifs is 4. The normalized spacial score (nSPS) is 13.8. The molecule has 0 saturated carbocycles. The Morgan fingerprint density at radius 3 is 1.66 bits per heavy atom. The van der Waals surface area contributed by atoms with Gasteiger partial charge in [-0.2, -0.15) is 6.07 Å². The summed E-state index contributed by atoms with van der Waals surface area (Å²) in [6.07, 6.45) is 1.93. The third-order valence-corrected chi connectivity index (χ3v) is 14.4. The molecule has 1 aliphatic rings. The van der Waals surface area contributed by atoms with Gasteiger partial charge in [0.25, 0.3) is 0 Å². The standard InChI is InChI=1S/C65H73N4O.Pt/c1-60(2,3)43-23-27-55-54(36-43)53-26-25-51(40-57(53)69(55)59-38-45(29-30-66-59)62(7,8)9)70-52-35-48(65(16,17)42-21-19-18-20-22-42)34-50(39-52)67-41-68(58-37-44(61(4,5)6)24-28-56(58)67)49-32-46(63(10,11)12)31-47(33-49)64(13,14)15;/h18-38,41H,1-17H3;/q-3;. The Labute approximate surface area is 439 Å². The minimum Gasteiger partial charge on any atom is -0.509 e. The maximum Gasteiger partial charge on any atom is 0.135 e. The second-order valence-corrected chi connectivity index (χ2v) is 25.3. The predicted octanol–water partition coefficient (Wildman–Crippen LogP) is 17.8. The van der Waals surface area contributed by atoms with E-state index in [0.717, 1.165) is 50.6 Å². The van der Waals surface area contributed by atoms with E-state index in [1.54, 1.807) is 0 Å². The number of hydrogen-bond donors (Lipinski definition) is 0. The van der Waals surface area contributed by atoms with Gasteiger partial charge in [-0.1, -0.05) is 178 Å². The largest absolute Gasteiger partial charge is 0.509 e. The van der Waals surface area contributed by atoms with E-state index in [1.165, 1.54) is 38.8 Å². The van der Waals surface area contributed by atoms with Gasteiger partial charge in [0.2, 0.25) is 0 Å². The van der Waals surface area contributed by atoms with E-state index in [1.807, 2.05) is 6.20 Å². The second kappa shape index (κ2) is 18.1. The van der Waals surface area contributed by atoms with Gasteiger partial charge in [0.15, 0.2) is 0 Å². The van der Waals surface area contributed by atoms with Crippen molar-refractivity contribution in [3.05, 3.63) is 185 Å². The molecule has 1 aliphatic heterocycles. The van der Waals surface area contributed by atoms with Gasteiger partial charge < -0.3 is 19.1 Å². The first-order valence-electron chi connectivity index (χ1n) is 25.1. The Bertz CT molecular complexity index is 3240. The Hall–Kier alpha value is -5.64. The fraction of sp³-hybridized carbons (Fsp3) is 0.354. The van der Waals surface area contributed by atoms with E-state index >= 15 is 0 Å². The van der Waals surface area contributed by atoms with Crippen LogP contribution in [0.4, 0.5) is 22.7 Å². The van der Waals surface area contributed by atoms with Crippen molar-refractivity contribution in [2.45, 2.75) is 150 Å². The van der Waals surface area contributed by atoms with Crippen LogP contribution in [0, 0.1) is 18.8 Å². The van der Waals surface area contributed by atoms with Gasteiger partial charge >= 0.3 is 0 Å². The fourth-order valence-electron chi connectivity index (χ4n) is 9.55. The first-order valence-corrected chi connectivity index (χ1v) is 25.1. The Morgan fingerprint density at radius 2 is 1.04 bits per heavy atom. The number of hydrogen-bond acceptors (Lipinski definition) is 4. The van der Waals surface area contributed by atoms with Crippen LogP contribution in [-0.4, -0.2) is 9.55 Å². The van der Waals surface area contributed by atoms with Crippen LogP contribution in [-0.2, 0) is 53.6 Å². The van der Waals surface area contributed by atoms with Gasteiger partial charge in [0.05, 0.1) is 0 Å². The van der Waals surface area contributed by atoms with Crippen LogP contribution in [0.15, 0.2) is 128 Å². The van der Waals surface area contributed by atoms with Crippen LogP contribution < -0.4 is 14.5 Å². The van der Waals surface area contributed by atoms with Crippen molar-refractivity contribution in [1.82, 2.24) is 9.55 Å². The third kappa shape index (κ3) is 10.1. The monoisotopic (exact) mass is 1120 g/mol. The van der Waals surface area contributed by atoms with Crippen LogP contribution in [0.5, 0.6) is 11.5 Å². The van der Waals surface area contributed by atoms with E-state index in [4.69, 9.17) is 9.72 Å². The molecule has 6 heteroatoms. The van der Waals surface area contributed by atoms with Crippen LogP contribution in [0.1, 0.15) is 157 Å². The van der Waals surface area contributed by atoms with Crippen molar-refractivity contribution in [2.75, 3.05) is 9.80 Å². The van der Waals surface area contributed by atoms with Crippen molar-refractivity contribution in [1.29, 1.82) is 0 Å². The smallest absolute Gasteiger partial charge is 0.135 e. The van der Waals surface area contributed by atoms with Crippen LogP contribution in [0.25, 0.3) is 27.6 Å². The molecule has 8 aromatic rings. The minimum absolute atomic E-state index is 0. The average Bonchev–Trinajstić information content (AvgIpc) is 3.83. The van der Waals surface area contributed by atoms with Crippen molar-refractivity contribution in [3.63, 3.8) is 0 Å². The molecule has 0 aliphatic carbocycles. The number of benzene rings is 6. The molecule has 0 radical (unpaired) electrons. The summed E-state index contributed by atoms with van der Waals surface area (Å²) in [6.45, 7) is 41.1. The van der Waals surface area contributed by atoms with E-state index in [-0.39, 0.29) is 53.6 Å².